The highest BCUT2D eigenvalue weighted by Gasteiger charge is 2.27. The third kappa shape index (κ3) is 3.57. The van der Waals surface area contributed by atoms with Gasteiger partial charge in [-0.05, 0) is 53.6 Å². The number of furan rings is 1. The number of hydrogen-bond donors (Lipinski definition) is 0. The van der Waals surface area contributed by atoms with Gasteiger partial charge in [0, 0.05) is 38.1 Å². The summed E-state index contributed by atoms with van der Waals surface area (Å²) in [5.74, 6) is 1.81. The molecule has 0 bridgehead atoms. The zero-order valence-electron chi connectivity index (χ0n) is 27.1. The van der Waals surface area contributed by atoms with Crippen molar-refractivity contribution in [2.75, 3.05) is 0 Å². The number of benzene rings is 7. The molecule has 0 saturated carbocycles. The van der Waals surface area contributed by atoms with Gasteiger partial charge in [0.15, 0.2) is 11.6 Å². The van der Waals surface area contributed by atoms with Crippen LogP contribution in [0, 0.1) is 0 Å². The summed E-state index contributed by atoms with van der Waals surface area (Å²) in [4.78, 5) is 15.5. The van der Waals surface area contributed by atoms with Crippen LogP contribution in [0.15, 0.2) is 156 Å². The Morgan fingerprint density at radius 2 is 0.961 bits per heavy atom. The molecule has 5 heterocycles. The first kappa shape index (κ1) is 26.9. The Balaban J connectivity index is 1.20. The highest BCUT2D eigenvalue weighted by atomic mass is 16.3. The van der Waals surface area contributed by atoms with Gasteiger partial charge in [0.1, 0.15) is 11.2 Å². The second-order valence-electron chi connectivity index (χ2n) is 13.2. The van der Waals surface area contributed by atoms with Crippen LogP contribution in [0.25, 0.3) is 111 Å². The molecule has 0 spiro atoms. The number of nitrogens with zero attached hydrogens (tertiary/aromatic N) is 5. The van der Waals surface area contributed by atoms with Crippen molar-refractivity contribution in [3.63, 3.8) is 0 Å². The fourth-order valence-electron chi connectivity index (χ4n) is 8.33. The third-order valence-electron chi connectivity index (χ3n) is 10.5. The lowest BCUT2D eigenvalue weighted by Gasteiger charge is -2.11. The Labute approximate surface area is 290 Å². The minimum Gasteiger partial charge on any atom is -0.456 e. The second kappa shape index (κ2) is 9.77. The molecule has 0 aliphatic carbocycles. The molecule has 12 rings (SSSR count). The lowest BCUT2D eigenvalue weighted by atomic mass is 10.0. The van der Waals surface area contributed by atoms with E-state index in [2.05, 4.69) is 136 Å². The van der Waals surface area contributed by atoms with Crippen molar-refractivity contribution in [1.82, 2.24) is 23.9 Å². The first-order valence-electron chi connectivity index (χ1n) is 17.1. The molecule has 6 heteroatoms. The Morgan fingerprint density at radius 1 is 0.373 bits per heavy atom. The van der Waals surface area contributed by atoms with Gasteiger partial charge in [-0.25, -0.2) is 4.98 Å². The maximum Gasteiger partial charge on any atom is 0.238 e. The van der Waals surface area contributed by atoms with E-state index in [4.69, 9.17) is 19.4 Å². The average Bonchev–Trinajstić information content (AvgIpc) is 3.83. The molecule has 0 aliphatic heterocycles. The Morgan fingerprint density at radius 3 is 1.76 bits per heavy atom. The Bertz CT molecular complexity index is 3280. The van der Waals surface area contributed by atoms with Gasteiger partial charge < -0.3 is 8.82 Å². The van der Waals surface area contributed by atoms with Gasteiger partial charge >= 0.3 is 0 Å². The highest BCUT2D eigenvalue weighted by molar-refractivity contribution is 6.36. The van der Waals surface area contributed by atoms with Gasteiger partial charge in [-0.2, -0.15) is 9.97 Å². The molecule has 0 saturated heterocycles. The number of hydrogen-bond acceptors (Lipinski definition) is 4. The predicted molar refractivity (Wildman–Crippen MR) is 206 cm³/mol. The quantitative estimate of drug-likeness (QED) is 0.190. The maximum atomic E-state index is 6.58. The van der Waals surface area contributed by atoms with E-state index >= 15 is 0 Å². The maximum absolute atomic E-state index is 6.58. The summed E-state index contributed by atoms with van der Waals surface area (Å²) in [7, 11) is 0. The number of fused-ring (bicyclic) bond motifs is 4. The first-order valence-corrected chi connectivity index (χ1v) is 17.1. The fourth-order valence-corrected chi connectivity index (χ4v) is 8.33. The summed E-state index contributed by atoms with van der Waals surface area (Å²) in [5, 5.41) is 7.01. The highest BCUT2D eigenvalue weighted by Crippen LogP contribution is 2.48. The van der Waals surface area contributed by atoms with Crippen LogP contribution in [0.1, 0.15) is 0 Å². The van der Waals surface area contributed by atoms with Crippen LogP contribution >= 0.6 is 0 Å². The van der Waals surface area contributed by atoms with E-state index in [0.717, 1.165) is 66.0 Å². The second-order valence-corrected chi connectivity index (χ2v) is 13.2. The van der Waals surface area contributed by atoms with E-state index < -0.39 is 0 Å². The van der Waals surface area contributed by atoms with Crippen LogP contribution in [-0.2, 0) is 0 Å². The largest absolute Gasteiger partial charge is 0.456 e. The van der Waals surface area contributed by atoms with Crippen LogP contribution in [0.4, 0.5) is 0 Å². The van der Waals surface area contributed by atoms with Crippen molar-refractivity contribution in [2.45, 2.75) is 0 Å². The third-order valence-corrected chi connectivity index (χ3v) is 10.5. The van der Waals surface area contributed by atoms with Gasteiger partial charge in [0.25, 0.3) is 0 Å². The molecule has 0 fully saturated rings. The Kier molecular flexibility index (Phi) is 5.14. The molecule has 12 aromatic rings. The standard InChI is InChI=1S/C45H25N5O/c1-3-10-26(11-4-1)27-18-20-29(21-19-27)44-46-43(28-12-5-2-6-13-28)47-45(48-44)50-34-17-9-16-33-38(34)39-35(50)23-25-36-40(39)41-37(51-36)24-22-31-30-14-7-8-15-32(30)49(33)42(31)41/h1-25H. The van der Waals surface area contributed by atoms with Crippen molar-refractivity contribution in [2.24, 2.45) is 0 Å². The SMILES string of the molecule is c1ccc(-c2ccc(-c3nc(-c4ccccc4)nc(-n4c5ccc6oc7ccc8c9ccccc9n9c%10cccc4c%10c5c6c7c89)n3)cc2)cc1. The van der Waals surface area contributed by atoms with Crippen molar-refractivity contribution in [3.05, 3.63) is 152 Å². The molecular weight excluding hydrogens is 627 g/mol. The summed E-state index contributed by atoms with van der Waals surface area (Å²) in [6.07, 6.45) is 0. The molecule has 5 aromatic heterocycles. The van der Waals surface area contributed by atoms with Gasteiger partial charge in [0.05, 0.1) is 33.0 Å². The van der Waals surface area contributed by atoms with Crippen LogP contribution < -0.4 is 0 Å². The van der Waals surface area contributed by atoms with Crippen molar-refractivity contribution in [3.8, 4) is 39.9 Å². The molecule has 51 heavy (non-hydrogen) atoms. The summed E-state index contributed by atoms with van der Waals surface area (Å²) >= 11 is 0. The smallest absolute Gasteiger partial charge is 0.238 e. The minimum atomic E-state index is 0.568. The van der Waals surface area contributed by atoms with E-state index in [1.807, 2.05) is 24.3 Å². The predicted octanol–water partition coefficient (Wildman–Crippen LogP) is 11.3. The normalized spacial score (nSPS) is 12.3. The number of para-hydroxylation sites is 1. The van der Waals surface area contributed by atoms with E-state index in [1.54, 1.807) is 0 Å². The lowest BCUT2D eigenvalue weighted by Crippen LogP contribution is -2.06. The van der Waals surface area contributed by atoms with Gasteiger partial charge in [0.2, 0.25) is 5.95 Å². The monoisotopic (exact) mass is 651 g/mol. The fraction of sp³-hybridized carbons (Fsp3) is 0. The molecule has 0 radical (unpaired) electrons. The van der Waals surface area contributed by atoms with Crippen molar-refractivity contribution in [1.29, 1.82) is 0 Å². The van der Waals surface area contributed by atoms with Gasteiger partial charge in [-0.3, -0.25) is 4.57 Å². The average molecular weight is 652 g/mol. The van der Waals surface area contributed by atoms with E-state index in [-0.39, 0.29) is 0 Å². The van der Waals surface area contributed by atoms with Crippen LogP contribution in [0.3, 0.4) is 0 Å². The molecule has 0 atom stereocenters. The summed E-state index contributed by atoms with van der Waals surface area (Å²) in [6, 6.07) is 52.9. The zero-order chi connectivity index (χ0) is 33.2. The molecule has 0 amide bonds. The zero-order valence-corrected chi connectivity index (χ0v) is 27.1. The summed E-state index contributed by atoms with van der Waals surface area (Å²) in [5.41, 5.74) is 11.5. The van der Waals surface area contributed by atoms with Crippen molar-refractivity contribution >= 4 is 71.1 Å². The topological polar surface area (TPSA) is 61.2 Å². The van der Waals surface area contributed by atoms with E-state index in [1.165, 1.54) is 27.4 Å². The number of aromatic nitrogens is 5. The van der Waals surface area contributed by atoms with E-state index in [0.29, 0.717) is 17.6 Å². The van der Waals surface area contributed by atoms with Gasteiger partial charge in [-0.15, -0.1) is 0 Å². The minimum absolute atomic E-state index is 0.568. The van der Waals surface area contributed by atoms with Crippen LogP contribution in [0.2, 0.25) is 0 Å². The van der Waals surface area contributed by atoms with Crippen molar-refractivity contribution < 1.29 is 4.42 Å². The number of rotatable bonds is 4. The molecule has 7 aromatic carbocycles. The molecule has 6 nitrogen and oxygen atoms in total. The van der Waals surface area contributed by atoms with Crippen LogP contribution in [-0.4, -0.2) is 23.9 Å². The van der Waals surface area contributed by atoms with Gasteiger partial charge in [-0.1, -0.05) is 109 Å². The summed E-state index contributed by atoms with van der Waals surface area (Å²) < 4.78 is 11.2. The van der Waals surface area contributed by atoms with Crippen LogP contribution in [0.5, 0.6) is 0 Å². The summed E-state index contributed by atoms with van der Waals surface area (Å²) in [6.45, 7) is 0. The Hall–Kier alpha value is -7.05. The molecule has 0 unspecified atom stereocenters. The first-order chi connectivity index (χ1) is 25.3. The van der Waals surface area contributed by atoms with E-state index in [9.17, 15) is 0 Å². The molecule has 236 valence electrons. The molecule has 0 N–H and O–H groups in total. The lowest BCUT2D eigenvalue weighted by molar-refractivity contribution is 0.669. The molecule has 0 aliphatic rings. The molecular formula is C45H25N5O.